The van der Waals surface area contributed by atoms with Gasteiger partial charge in [0.05, 0.1) is 17.9 Å². The molecule has 1 aliphatic heterocycles. The predicted molar refractivity (Wildman–Crippen MR) is 148 cm³/mol. The van der Waals surface area contributed by atoms with Crippen LogP contribution in [0.2, 0.25) is 0 Å². The number of amides is 1. The Labute approximate surface area is 220 Å². The van der Waals surface area contributed by atoms with Gasteiger partial charge in [-0.3, -0.25) is 4.79 Å². The summed E-state index contributed by atoms with van der Waals surface area (Å²) in [5.74, 6) is 1.34. The standard InChI is InChI=1S/C30H40FN5O/c1-23(2)15-16-35(29(37)14-13-25-9-6-5-7-10-25)22-28-24(3)32-36(27-12-8-11-26(31)21-27)30(28)34-19-17-33(4)18-20-34/h5-12,21,23H,13-20,22H2,1-4H3. The molecule has 0 aliphatic carbocycles. The number of anilines is 1. The summed E-state index contributed by atoms with van der Waals surface area (Å²) in [4.78, 5) is 20.2. The Kier molecular flexibility index (Phi) is 8.98. The van der Waals surface area contributed by atoms with Crippen LogP contribution < -0.4 is 4.90 Å². The Morgan fingerprint density at radius 1 is 1.05 bits per heavy atom. The number of likely N-dealkylation sites (N-methyl/N-ethyl adjacent to an activating group) is 1. The Morgan fingerprint density at radius 3 is 2.46 bits per heavy atom. The highest BCUT2D eigenvalue weighted by atomic mass is 19.1. The Hall–Kier alpha value is -3.19. The van der Waals surface area contributed by atoms with Crippen LogP contribution in [0.15, 0.2) is 54.6 Å². The summed E-state index contributed by atoms with van der Waals surface area (Å²) >= 11 is 0. The minimum atomic E-state index is -0.286. The van der Waals surface area contributed by atoms with Crippen molar-refractivity contribution >= 4 is 11.7 Å². The van der Waals surface area contributed by atoms with Crippen LogP contribution in [0, 0.1) is 18.7 Å². The maximum Gasteiger partial charge on any atom is 0.223 e. The molecule has 1 amide bonds. The van der Waals surface area contributed by atoms with Crippen molar-refractivity contribution in [3.8, 4) is 5.69 Å². The molecule has 0 unspecified atom stereocenters. The molecule has 37 heavy (non-hydrogen) atoms. The first kappa shape index (κ1) is 26.9. The Balaban J connectivity index is 1.65. The van der Waals surface area contributed by atoms with E-state index in [4.69, 9.17) is 5.10 Å². The molecule has 6 nitrogen and oxygen atoms in total. The number of rotatable bonds is 10. The highest BCUT2D eigenvalue weighted by Gasteiger charge is 2.27. The van der Waals surface area contributed by atoms with Crippen LogP contribution in [0.4, 0.5) is 10.2 Å². The summed E-state index contributed by atoms with van der Waals surface area (Å²) < 4.78 is 16.1. The van der Waals surface area contributed by atoms with Crippen LogP contribution in [0.1, 0.15) is 43.5 Å². The third-order valence-corrected chi connectivity index (χ3v) is 7.16. The molecular formula is C30H40FN5O. The topological polar surface area (TPSA) is 44.6 Å². The van der Waals surface area contributed by atoms with Crippen molar-refractivity contribution in [1.29, 1.82) is 0 Å². The lowest BCUT2D eigenvalue weighted by atomic mass is 10.1. The zero-order valence-electron chi connectivity index (χ0n) is 22.7. The van der Waals surface area contributed by atoms with Gasteiger partial charge in [-0.1, -0.05) is 50.2 Å². The fourth-order valence-corrected chi connectivity index (χ4v) is 4.81. The van der Waals surface area contributed by atoms with Crippen molar-refractivity contribution in [3.63, 3.8) is 0 Å². The van der Waals surface area contributed by atoms with Crippen molar-refractivity contribution in [1.82, 2.24) is 19.6 Å². The van der Waals surface area contributed by atoms with Gasteiger partial charge in [-0.15, -0.1) is 0 Å². The second kappa shape index (κ2) is 12.4. The van der Waals surface area contributed by atoms with Gasteiger partial charge in [-0.05, 0) is 56.5 Å². The highest BCUT2D eigenvalue weighted by Crippen LogP contribution is 2.30. The number of aromatic nitrogens is 2. The van der Waals surface area contributed by atoms with Gasteiger partial charge < -0.3 is 14.7 Å². The zero-order valence-corrected chi connectivity index (χ0v) is 22.7. The molecule has 1 aromatic heterocycles. The number of halogens is 1. The predicted octanol–water partition coefficient (Wildman–Crippen LogP) is 5.08. The van der Waals surface area contributed by atoms with E-state index in [1.807, 2.05) is 40.8 Å². The second-order valence-electron chi connectivity index (χ2n) is 10.6. The van der Waals surface area contributed by atoms with E-state index >= 15 is 0 Å². The van der Waals surface area contributed by atoms with Crippen LogP contribution in [-0.4, -0.2) is 65.3 Å². The molecule has 0 spiro atoms. The monoisotopic (exact) mass is 505 g/mol. The lowest BCUT2D eigenvalue weighted by molar-refractivity contribution is -0.132. The first-order valence-corrected chi connectivity index (χ1v) is 13.4. The van der Waals surface area contributed by atoms with Gasteiger partial charge >= 0.3 is 0 Å². The van der Waals surface area contributed by atoms with Crippen LogP contribution >= 0.6 is 0 Å². The van der Waals surface area contributed by atoms with Gasteiger partial charge in [0.25, 0.3) is 0 Å². The fraction of sp³-hybridized carbons (Fsp3) is 0.467. The van der Waals surface area contributed by atoms with E-state index in [2.05, 4.69) is 42.8 Å². The first-order valence-electron chi connectivity index (χ1n) is 13.4. The summed E-state index contributed by atoms with van der Waals surface area (Å²) in [5, 5.41) is 4.87. The van der Waals surface area contributed by atoms with Crippen LogP contribution in [-0.2, 0) is 17.8 Å². The van der Waals surface area contributed by atoms with E-state index < -0.39 is 0 Å². The molecule has 2 heterocycles. The van der Waals surface area contributed by atoms with Gasteiger partial charge in [0, 0.05) is 44.7 Å². The van der Waals surface area contributed by atoms with Gasteiger partial charge in [0.1, 0.15) is 11.6 Å². The summed E-state index contributed by atoms with van der Waals surface area (Å²) in [6, 6.07) is 16.8. The molecule has 198 valence electrons. The van der Waals surface area contributed by atoms with Gasteiger partial charge in [-0.25, -0.2) is 9.07 Å². The molecule has 1 fully saturated rings. The second-order valence-corrected chi connectivity index (χ2v) is 10.6. The molecule has 7 heteroatoms. The van der Waals surface area contributed by atoms with Gasteiger partial charge in [0.15, 0.2) is 0 Å². The zero-order chi connectivity index (χ0) is 26.4. The maximum atomic E-state index is 14.2. The molecule has 0 saturated carbocycles. The highest BCUT2D eigenvalue weighted by molar-refractivity contribution is 5.77. The average molecular weight is 506 g/mol. The molecule has 3 aromatic rings. The van der Waals surface area contributed by atoms with Crippen LogP contribution in [0.3, 0.4) is 0 Å². The number of benzene rings is 2. The third kappa shape index (κ3) is 6.98. The van der Waals surface area contributed by atoms with E-state index in [-0.39, 0.29) is 11.7 Å². The van der Waals surface area contributed by atoms with E-state index in [0.717, 1.165) is 56.1 Å². The molecule has 0 radical (unpaired) electrons. The molecule has 1 aliphatic rings. The number of hydrogen-bond donors (Lipinski definition) is 0. The Morgan fingerprint density at radius 2 is 1.78 bits per heavy atom. The molecule has 0 atom stereocenters. The number of carbonyl (C=O) groups excluding carboxylic acids is 1. The van der Waals surface area contributed by atoms with Crippen molar-refractivity contribution in [2.24, 2.45) is 5.92 Å². The van der Waals surface area contributed by atoms with Crippen molar-refractivity contribution in [2.75, 3.05) is 44.7 Å². The van der Waals surface area contributed by atoms with Crippen LogP contribution in [0.5, 0.6) is 0 Å². The molecule has 1 saturated heterocycles. The lowest BCUT2D eigenvalue weighted by Gasteiger charge is -2.35. The molecular weight excluding hydrogens is 465 g/mol. The number of carbonyl (C=O) groups is 1. The van der Waals surface area contributed by atoms with E-state index in [1.54, 1.807) is 6.07 Å². The van der Waals surface area contributed by atoms with Crippen molar-refractivity contribution < 1.29 is 9.18 Å². The number of hydrogen-bond acceptors (Lipinski definition) is 4. The summed E-state index contributed by atoms with van der Waals surface area (Å²) in [7, 11) is 2.13. The van der Waals surface area contributed by atoms with E-state index in [0.29, 0.717) is 31.1 Å². The van der Waals surface area contributed by atoms with Crippen molar-refractivity contribution in [3.05, 3.63) is 77.2 Å². The summed E-state index contributed by atoms with van der Waals surface area (Å²) in [6.45, 7) is 11.2. The van der Waals surface area contributed by atoms with E-state index in [9.17, 15) is 9.18 Å². The normalized spacial score (nSPS) is 14.4. The first-order chi connectivity index (χ1) is 17.8. The van der Waals surface area contributed by atoms with Gasteiger partial charge in [0.2, 0.25) is 5.91 Å². The molecule has 0 bridgehead atoms. The largest absolute Gasteiger partial charge is 0.354 e. The van der Waals surface area contributed by atoms with Crippen LogP contribution in [0.25, 0.3) is 5.69 Å². The number of nitrogens with zero attached hydrogens (tertiary/aromatic N) is 5. The lowest BCUT2D eigenvalue weighted by Crippen LogP contribution is -2.45. The third-order valence-electron chi connectivity index (χ3n) is 7.16. The summed E-state index contributed by atoms with van der Waals surface area (Å²) in [6.07, 6.45) is 2.14. The maximum absolute atomic E-state index is 14.2. The number of aryl methyl sites for hydroxylation is 2. The fourth-order valence-electron chi connectivity index (χ4n) is 4.81. The smallest absolute Gasteiger partial charge is 0.223 e. The molecule has 2 aromatic carbocycles. The molecule has 4 rings (SSSR count). The summed E-state index contributed by atoms with van der Waals surface area (Å²) in [5.41, 5.74) is 3.80. The quantitative estimate of drug-likeness (QED) is 0.386. The number of piperazine rings is 1. The van der Waals surface area contributed by atoms with Gasteiger partial charge in [-0.2, -0.15) is 5.10 Å². The minimum Gasteiger partial charge on any atom is -0.354 e. The minimum absolute atomic E-state index is 0.159. The average Bonchev–Trinajstić information content (AvgIpc) is 3.21. The Bertz CT molecular complexity index is 1170. The molecule has 0 N–H and O–H groups in total. The SMILES string of the molecule is Cc1nn(-c2cccc(F)c2)c(N2CCN(C)CC2)c1CN(CCC(C)C)C(=O)CCc1ccccc1. The van der Waals surface area contributed by atoms with Crippen molar-refractivity contribution in [2.45, 2.75) is 46.6 Å². The van der Waals surface area contributed by atoms with E-state index in [1.165, 1.54) is 17.7 Å².